The highest BCUT2D eigenvalue weighted by Gasteiger charge is 2.44. The predicted molar refractivity (Wildman–Crippen MR) is 133 cm³/mol. The molecule has 1 unspecified atom stereocenters. The van der Waals surface area contributed by atoms with Crippen molar-refractivity contribution >= 4 is 40.8 Å². The van der Waals surface area contributed by atoms with E-state index in [0.717, 1.165) is 11.1 Å². The number of hydrogen-bond donors (Lipinski definition) is 0. The summed E-state index contributed by atoms with van der Waals surface area (Å²) >= 11 is 17.4. The minimum Gasteiger partial charge on any atom is -0.496 e. The third-order valence-corrected chi connectivity index (χ3v) is 5.91. The lowest BCUT2D eigenvalue weighted by Crippen LogP contribution is -2.28. The summed E-state index contributed by atoms with van der Waals surface area (Å²) in [6, 6.07) is 20.3. The molecule has 1 atom stereocenters. The van der Waals surface area contributed by atoms with Crippen LogP contribution in [0.1, 0.15) is 38.3 Å². The van der Waals surface area contributed by atoms with E-state index in [1.165, 1.54) is 0 Å². The number of ether oxygens (including phenoxy) is 3. The highest BCUT2D eigenvalue weighted by atomic mass is 35.6. The van der Waals surface area contributed by atoms with Crippen molar-refractivity contribution < 1.29 is 19.0 Å². The summed E-state index contributed by atoms with van der Waals surface area (Å²) in [5.74, 6) is 0.228. The third kappa shape index (κ3) is 6.66. The van der Waals surface area contributed by atoms with Crippen molar-refractivity contribution in [2.24, 2.45) is 5.92 Å². The van der Waals surface area contributed by atoms with Crippen molar-refractivity contribution in [3.05, 3.63) is 83.1 Å². The van der Waals surface area contributed by atoms with Gasteiger partial charge in [0.2, 0.25) is 3.79 Å². The Morgan fingerprint density at radius 2 is 1.55 bits per heavy atom. The van der Waals surface area contributed by atoms with Crippen LogP contribution in [0.5, 0.6) is 0 Å². The third-order valence-electron chi connectivity index (χ3n) is 5.58. The second-order valence-corrected chi connectivity index (χ2v) is 11.2. The SMILES string of the molecule is CC(C)COC(C)/C(C(=O)OCC(Cl)(Cl)Cl)=C1\CC(c2ccccc2)(c2ccccc2)CO1. The Kier molecular flexibility index (Phi) is 8.74. The van der Waals surface area contributed by atoms with Crippen LogP contribution >= 0.6 is 34.8 Å². The molecule has 1 aliphatic heterocycles. The number of halogens is 3. The molecule has 4 nitrogen and oxygen atoms in total. The van der Waals surface area contributed by atoms with E-state index in [2.05, 4.69) is 24.3 Å². The lowest BCUT2D eigenvalue weighted by molar-refractivity contribution is -0.140. The molecule has 1 saturated heterocycles. The maximum absolute atomic E-state index is 13.1. The fraction of sp³-hybridized carbons (Fsp3) is 0.423. The molecule has 0 aromatic heterocycles. The number of carbonyl (C=O) groups is 1. The summed E-state index contributed by atoms with van der Waals surface area (Å²) in [6.07, 6.45) is -0.0677. The highest BCUT2D eigenvalue weighted by molar-refractivity contribution is 6.67. The maximum Gasteiger partial charge on any atom is 0.340 e. The molecule has 0 amide bonds. The monoisotopic (exact) mass is 510 g/mol. The molecule has 0 aliphatic carbocycles. The summed E-state index contributed by atoms with van der Waals surface area (Å²) in [4.78, 5) is 13.1. The quantitative estimate of drug-likeness (QED) is 0.227. The van der Waals surface area contributed by atoms with Crippen molar-refractivity contribution in [1.29, 1.82) is 0 Å². The fourth-order valence-corrected chi connectivity index (χ4v) is 4.13. The number of alkyl halides is 3. The lowest BCUT2D eigenvalue weighted by atomic mass is 9.73. The molecule has 0 saturated carbocycles. The van der Waals surface area contributed by atoms with Crippen molar-refractivity contribution in [3.63, 3.8) is 0 Å². The first-order valence-corrected chi connectivity index (χ1v) is 12.1. The van der Waals surface area contributed by atoms with Gasteiger partial charge in [0.25, 0.3) is 0 Å². The van der Waals surface area contributed by atoms with E-state index >= 15 is 0 Å². The first-order chi connectivity index (χ1) is 15.6. The number of rotatable bonds is 8. The summed E-state index contributed by atoms with van der Waals surface area (Å²) in [7, 11) is 0. The molecule has 33 heavy (non-hydrogen) atoms. The van der Waals surface area contributed by atoms with Crippen LogP contribution in [0, 0.1) is 5.92 Å². The van der Waals surface area contributed by atoms with Gasteiger partial charge in [-0.05, 0) is 24.0 Å². The molecule has 3 rings (SSSR count). The number of hydrogen-bond acceptors (Lipinski definition) is 4. The van der Waals surface area contributed by atoms with Crippen LogP contribution in [-0.2, 0) is 24.4 Å². The zero-order valence-corrected chi connectivity index (χ0v) is 21.3. The first-order valence-electron chi connectivity index (χ1n) is 10.9. The maximum atomic E-state index is 13.1. The van der Waals surface area contributed by atoms with Gasteiger partial charge in [-0.1, -0.05) is 109 Å². The Labute approximate surface area is 210 Å². The Morgan fingerprint density at radius 3 is 2.03 bits per heavy atom. The van der Waals surface area contributed by atoms with Gasteiger partial charge in [0.15, 0.2) is 0 Å². The molecule has 1 heterocycles. The van der Waals surface area contributed by atoms with Crippen molar-refractivity contribution in [1.82, 2.24) is 0 Å². The van der Waals surface area contributed by atoms with Crippen LogP contribution in [0.2, 0.25) is 0 Å². The second-order valence-electron chi connectivity index (χ2n) is 8.68. The van der Waals surface area contributed by atoms with Crippen LogP contribution < -0.4 is 0 Å². The average molecular weight is 512 g/mol. The lowest BCUT2D eigenvalue weighted by Gasteiger charge is -2.28. The molecule has 1 fully saturated rings. The van der Waals surface area contributed by atoms with E-state index in [9.17, 15) is 4.79 Å². The molecular formula is C26H29Cl3O4. The standard InChI is InChI=1S/C26H29Cl3O4/c1-18(2)15-31-19(3)23(24(30)33-17-26(27,28)29)22-14-25(16-32-22,20-10-6-4-7-11-20)21-12-8-5-9-13-21/h4-13,18-19H,14-17H2,1-3H3/b23-22-. The fourth-order valence-electron chi connectivity index (χ4n) is 3.96. The normalized spacial score (nSPS) is 18.0. The average Bonchev–Trinajstić information content (AvgIpc) is 3.23. The smallest absolute Gasteiger partial charge is 0.340 e. The predicted octanol–water partition coefficient (Wildman–Crippen LogP) is 6.62. The molecule has 1 aliphatic rings. The molecule has 0 radical (unpaired) electrons. The van der Waals surface area contributed by atoms with E-state index in [1.54, 1.807) is 0 Å². The Morgan fingerprint density at radius 1 is 1.00 bits per heavy atom. The van der Waals surface area contributed by atoms with Gasteiger partial charge in [-0.25, -0.2) is 4.79 Å². The Bertz CT molecular complexity index is 913. The summed E-state index contributed by atoms with van der Waals surface area (Å²) in [5, 5.41) is 0. The second kappa shape index (κ2) is 11.1. The van der Waals surface area contributed by atoms with E-state index in [1.807, 2.05) is 57.2 Å². The zero-order chi connectivity index (χ0) is 24.1. The van der Waals surface area contributed by atoms with Gasteiger partial charge in [0, 0.05) is 13.0 Å². The molecule has 0 bridgehead atoms. The van der Waals surface area contributed by atoms with Crippen LogP contribution in [0.15, 0.2) is 72.0 Å². The van der Waals surface area contributed by atoms with Gasteiger partial charge in [-0.15, -0.1) is 0 Å². The minimum absolute atomic E-state index is 0.299. The number of allylic oxidation sites excluding steroid dienone is 1. The van der Waals surface area contributed by atoms with Gasteiger partial charge in [0.05, 0.1) is 11.5 Å². The summed E-state index contributed by atoms with van der Waals surface area (Å²) in [5.41, 5.74) is 2.08. The van der Waals surface area contributed by atoms with E-state index in [-0.39, 0.29) is 6.61 Å². The molecular weight excluding hydrogens is 483 g/mol. The molecule has 2 aromatic rings. The van der Waals surface area contributed by atoms with Gasteiger partial charge in [0.1, 0.15) is 24.5 Å². The van der Waals surface area contributed by atoms with Crippen molar-refractivity contribution in [2.45, 2.75) is 42.5 Å². The minimum atomic E-state index is -1.71. The van der Waals surface area contributed by atoms with E-state index in [4.69, 9.17) is 49.0 Å². The number of carbonyl (C=O) groups excluding carboxylic acids is 1. The van der Waals surface area contributed by atoms with Crippen LogP contribution in [0.3, 0.4) is 0 Å². The van der Waals surface area contributed by atoms with Gasteiger partial charge in [-0.2, -0.15) is 0 Å². The largest absolute Gasteiger partial charge is 0.496 e. The Balaban J connectivity index is 2.02. The molecule has 7 heteroatoms. The topological polar surface area (TPSA) is 44.8 Å². The zero-order valence-electron chi connectivity index (χ0n) is 19.0. The molecule has 0 N–H and O–H groups in total. The summed E-state index contributed by atoms with van der Waals surface area (Å²) < 4.78 is 15.8. The van der Waals surface area contributed by atoms with Gasteiger partial charge < -0.3 is 14.2 Å². The van der Waals surface area contributed by atoms with Gasteiger partial charge >= 0.3 is 5.97 Å². The number of esters is 1. The van der Waals surface area contributed by atoms with Crippen LogP contribution in [0.25, 0.3) is 0 Å². The first kappa shape index (κ1) is 25.9. The Hall–Kier alpha value is -1.72. The van der Waals surface area contributed by atoms with E-state index in [0.29, 0.717) is 36.9 Å². The summed E-state index contributed by atoms with van der Waals surface area (Å²) in [6.45, 7) is 6.40. The molecule has 0 spiro atoms. The van der Waals surface area contributed by atoms with Crippen LogP contribution in [0.4, 0.5) is 0 Å². The van der Waals surface area contributed by atoms with E-state index < -0.39 is 21.3 Å². The van der Waals surface area contributed by atoms with Gasteiger partial charge in [-0.3, -0.25) is 0 Å². The molecule has 178 valence electrons. The van der Waals surface area contributed by atoms with Crippen LogP contribution in [-0.4, -0.2) is 35.7 Å². The van der Waals surface area contributed by atoms with Crippen molar-refractivity contribution in [2.75, 3.05) is 19.8 Å². The van der Waals surface area contributed by atoms with Crippen molar-refractivity contribution in [3.8, 4) is 0 Å². The molecule has 2 aromatic carbocycles. The number of benzene rings is 2. The highest BCUT2D eigenvalue weighted by Crippen LogP contribution is 2.45.